The predicted octanol–water partition coefficient (Wildman–Crippen LogP) is 1.07. The van der Waals surface area contributed by atoms with Crippen LogP contribution in [0.1, 0.15) is 26.7 Å². The highest BCUT2D eigenvalue weighted by Gasteiger charge is 2.21. The van der Waals surface area contributed by atoms with Crippen LogP contribution in [-0.2, 0) is 10.8 Å². The van der Waals surface area contributed by atoms with Gasteiger partial charge in [-0.2, -0.15) is 0 Å². The molecule has 0 spiro atoms. The van der Waals surface area contributed by atoms with Gasteiger partial charge in [0, 0.05) is 34.9 Å². The van der Waals surface area contributed by atoms with Gasteiger partial charge in [0.15, 0.2) is 0 Å². The lowest BCUT2D eigenvalue weighted by atomic mass is 9.90. The first-order valence-electron chi connectivity index (χ1n) is 6.40. The molecule has 2 unspecified atom stereocenters. The van der Waals surface area contributed by atoms with E-state index in [1.165, 1.54) is 25.9 Å². The van der Waals surface area contributed by atoms with Crippen molar-refractivity contribution in [2.75, 3.05) is 38.2 Å². The molecule has 4 heteroatoms. The summed E-state index contributed by atoms with van der Waals surface area (Å²) in [7, 11) is 1.57. The van der Waals surface area contributed by atoms with Crippen molar-refractivity contribution in [3.8, 4) is 0 Å². The van der Waals surface area contributed by atoms with E-state index in [2.05, 4.69) is 24.2 Å². The topological polar surface area (TPSA) is 32.3 Å². The Morgan fingerprint density at radius 2 is 2.06 bits per heavy atom. The second kappa shape index (κ2) is 7.41. The van der Waals surface area contributed by atoms with Gasteiger partial charge >= 0.3 is 0 Å². The fourth-order valence-corrected chi connectivity index (χ4v) is 2.87. The molecule has 0 bridgehead atoms. The lowest BCUT2D eigenvalue weighted by molar-refractivity contribution is 0.191. The predicted molar refractivity (Wildman–Crippen MR) is 71.2 cm³/mol. The maximum atomic E-state index is 11.3. The Morgan fingerprint density at radius 3 is 2.62 bits per heavy atom. The summed E-state index contributed by atoms with van der Waals surface area (Å²) in [5, 5.41) is 3.52. The molecule has 2 atom stereocenters. The quantitative estimate of drug-likeness (QED) is 0.761. The minimum Gasteiger partial charge on any atom is -0.313 e. The molecule has 1 aliphatic rings. The van der Waals surface area contributed by atoms with Crippen LogP contribution in [0.5, 0.6) is 0 Å². The van der Waals surface area contributed by atoms with E-state index in [1.807, 2.05) is 6.92 Å². The first kappa shape index (κ1) is 14.1. The molecule has 1 rings (SSSR count). The van der Waals surface area contributed by atoms with Gasteiger partial charge in [-0.05, 0) is 45.8 Å². The van der Waals surface area contributed by atoms with Gasteiger partial charge in [0.1, 0.15) is 0 Å². The van der Waals surface area contributed by atoms with Crippen LogP contribution in [0.15, 0.2) is 0 Å². The van der Waals surface area contributed by atoms with Crippen LogP contribution in [0.25, 0.3) is 0 Å². The average molecular weight is 246 g/mol. The van der Waals surface area contributed by atoms with Crippen molar-refractivity contribution in [3.05, 3.63) is 0 Å². The fourth-order valence-electron chi connectivity index (χ4n) is 2.24. The Labute approximate surface area is 102 Å². The standard InChI is InChI=1S/C12H26N2OS/c1-4-16(15)10-7-13-11(2)12-5-8-14(3)9-6-12/h11-13H,4-10H2,1-3H3. The second-order valence-electron chi connectivity index (χ2n) is 4.82. The molecular formula is C12H26N2OS. The van der Waals surface area contributed by atoms with E-state index in [4.69, 9.17) is 0 Å². The molecule has 0 aromatic carbocycles. The van der Waals surface area contributed by atoms with Crippen LogP contribution in [-0.4, -0.2) is 53.3 Å². The number of nitrogens with one attached hydrogen (secondary N) is 1. The van der Waals surface area contributed by atoms with Crippen molar-refractivity contribution in [3.63, 3.8) is 0 Å². The lowest BCUT2D eigenvalue weighted by Crippen LogP contribution is -2.41. The van der Waals surface area contributed by atoms with Crippen LogP contribution < -0.4 is 5.32 Å². The molecule has 0 amide bonds. The smallest absolute Gasteiger partial charge is 0.0360 e. The summed E-state index contributed by atoms with van der Waals surface area (Å²) >= 11 is 0. The Morgan fingerprint density at radius 1 is 1.44 bits per heavy atom. The van der Waals surface area contributed by atoms with Gasteiger partial charge in [0.05, 0.1) is 0 Å². The molecule has 1 N–H and O–H groups in total. The highest BCUT2D eigenvalue weighted by atomic mass is 32.2. The third kappa shape index (κ3) is 4.93. The minimum absolute atomic E-state index is 0.572. The Kier molecular flexibility index (Phi) is 6.54. The maximum Gasteiger partial charge on any atom is 0.0360 e. The second-order valence-corrected chi connectivity index (χ2v) is 6.68. The van der Waals surface area contributed by atoms with Gasteiger partial charge < -0.3 is 10.2 Å². The van der Waals surface area contributed by atoms with Gasteiger partial charge in [0.25, 0.3) is 0 Å². The summed E-state index contributed by atoms with van der Waals surface area (Å²) in [6, 6.07) is 0.572. The molecule has 0 aliphatic carbocycles. The number of rotatable bonds is 6. The summed E-state index contributed by atoms with van der Waals surface area (Å²) in [5.74, 6) is 2.38. The Bertz CT molecular complexity index is 215. The third-order valence-electron chi connectivity index (χ3n) is 3.59. The van der Waals surface area contributed by atoms with Gasteiger partial charge in [-0.25, -0.2) is 0 Å². The zero-order valence-electron chi connectivity index (χ0n) is 10.9. The van der Waals surface area contributed by atoms with E-state index in [9.17, 15) is 4.21 Å². The molecule has 1 saturated heterocycles. The zero-order valence-corrected chi connectivity index (χ0v) is 11.7. The summed E-state index contributed by atoms with van der Waals surface area (Å²) in [6.45, 7) is 7.59. The molecule has 16 heavy (non-hydrogen) atoms. The van der Waals surface area contributed by atoms with Crippen molar-refractivity contribution in [1.82, 2.24) is 10.2 Å². The largest absolute Gasteiger partial charge is 0.313 e. The van der Waals surface area contributed by atoms with Crippen LogP contribution in [0.4, 0.5) is 0 Å². The molecule has 0 aromatic heterocycles. The number of piperidine rings is 1. The van der Waals surface area contributed by atoms with E-state index in [1.54, 1.807) is 0 Å². The lowest BCUT2D eigenvalue weighted by Gasteiger charge is -2.33. The van der Waals surface area contributed by atoms with Crippen LogP contribution in [0.2, 0.25) is 0 Å². The SMILES string of the molecule is CCS(=O)CCNC(C)C1CCN(C)CC1. The van der Waals surface area contributed by atoms with E-state index in [0.29, 0.717) is 6.04 Å². The third-order valence-corrected chi connectivity index (χ3v) is 4.89. The van der Waals surface area contributed by atoms with Crippen molar-refractivity contribution < 1.29 is 4.21 Å². The molecule has 96 valence electrons. The maximum absolute atomic E-state index is 11.3. The number of likely N-dealkylation sites (tertiary alicyclic amines) is 1. The first-order chi connectivity index (χ1) is 7.63. The van der Waals surface area contributed by atoms with Gasteiger partial charge in [-0.1, -0.05) is 6.92 Å². The highest BCUT2D eigenvalue weighted by Crippen LogP contribution is 2.19. The zero-order chi connectivity index (χ0) is 12.0. The normalized spacial score (nSPS) is 23.2. The van der Waals surface area contributed by atoms with Crippen LogP contribution in [0.3, 0.4) is 0 Å². The summed E-state index contributed by atoms with van der Waals surface area (Å²) in [5.41, 5.74) is 0. The van der Waals surface area contributed by atoms with Crippen molar-refractivity contribution in [1.29, 1.82) is 0 Å². The number of hydrogen-bond acceptors (Lipinski definition) is 3. The van der Waals surface area contributed by atoms with Crippen LogP contribution in [0, 0.1) is 5.92 Å². The molecule has 1 aliphatic heterocycles. The molecule has 0 radical (unpaired) electrons. The molecule has 0 aromatic rings. The summed E-state index contributed by atoms with van der Waals surface area (Å²) < 4.78 is 11.3. The van der Waals surface area contributed by atoms with E-state index < -0.39 is 10.8 Å². The molecule has 0 saturated carbocycles. The van der Waals surface area contributed by atoms with Gasteiger partial charge in [-0.15, -0.1) is 0 Å². The summed E-state index contributed by atoms with van der Waals surface area (Å²) in [4.78, 5) is 2.40. The molecule has 3 nitrogen and oxygen atoms in total. The average Bonchev–Trinajstić information content (AvgIpc) is 2.29. The van der Waals surface area contributed by atoms with E-state index in [0.717, 1.165) is 24.0 Å². The Balaban J connectivity index is 2.14. The van der Waals surface area contributed by atoms with Crippen molar-refractivity contribution in [2.24, 2.45) is 5.92 Å². The monoisotopic (exact) mass is 246 g/mol. The van der Waals surface area contributed by atoms with Gasteiger partial charge in [0.2, 0.25) is 0 Å². The summed E-state index contributed by atoms with van der Waals surface area (Å²) in [6.07, 6.45) is 2.59. The van der Waals surface area contributed by atoms with E-state index in [-0.39, 0.29) is 0 Å². The van der Waals surface area contributed by atoms with Crippen molar-refractivity contribution >= 4 is 10.8 Å². The fraction of sp³-hybridized carbons (Fsp3) is 1.00. The first-order valence-corrected chi connectivity index (χ1v) is 7.89. The molecule has 1 heterocycles. The molecular weight excluding hydrogens is 220 g/mol. The minimum atomic E-state index is -0.625. The Hall–Kier alpha value is 0.0700. The highest BCUT2D eigenvalue weighted by molar-refractivity contribution is 7.84. The van der Waals surface area contributed by atoms with Crippen molar-refractivity contribution in [2.45, 2.75) is 32.7 Å². The number of hydrogen-bond donors (Lipinski definition) is 1. The number of nitrogens with zero attached hydrogens (tertiary/aromatic N) is 1. The van der Waals surface area contributed by atoms with Crippen LogP contribution >= 0.6 is 0 Å². The van der Waals surface area contributed by atoms with E-state index >= 15 is 0 Å². The van der Waals surface area contributed by atoms with Gasteiger partial charge in [-0.3, -0.25) is 4.21 Å². The molecule has 1 fully saturated rings.